The molecule has 1 aromatic heterocycles. The van der Waals surface area contributed by atoms with Crippen LogP contribution in [0.5, 0.6) is 0 Å². The maximum absolute atomic E-state index is 13.0. The molecule has 1 saturated carbocycles. The molecule has 1 aromatic carbocycles. The summed E-state index contributed by atoms with van der Waals surface area (Å²) in [5.74, 6) is 1.67. The average molecular weight is 287 g/mol. The second kappa shape index (κ2) is 5.72. The summed E-state index contributed by atoms with van der Waals surface area (Å²) < 4.78 is 18.5. The maximum atomic E-state index is 13.0. The van der Waals surface area contributed by atoms with Crippen LogP contribution in [0.2, 0.25) is 0 Å². The molecular weight excluding hydrogens is 269 g/mol. The fraction of sp³-hybridized carbons (Fsp3) is 0.353. The van der Waals surface area contributed by atoms with Crippen molar-refractivity contribution in [3.63, 3.8) is 0 Å². The first-order valence-electron chi connectivity index (χ1n) is 7.20. The van der Waals surface area contributed by atoms with Crippen molar-refractivity contribution in [3.05, 3.63) is 59.3 Å². The first-order valence-corrected chi connectivity index (χ1v) is 7.20. The van der Waals surface area contributed by atoms with Crippen LogP contribution in [0.15, 0.2) is 40.8 Å². The molecule has 1 aliphatic carbocycles. The number of halogens is 1. The fourth-order valence-electron chi connectivity index (χ4n) is 2.37. The SMILES string of the molecule is Cc1ccc(CN(Cc2ccc(F)cc2)C(=O)C2CC2)o1. The van der Waals surface area contributed by atoms with E-state index in [1.807, 2.05) is 19.1 Å². The Labute approximate surface area is 123 Å². The molecule has 0 unspecified atom stereocenters. The summed E-state index contributed by atoms with van der Waals surface area (Å²) in [4.78, 5) is 14.2. The standard InChI is InChI=1S/C17H18FNO2/c1-12-2-9-16(21-12)11-19(17(20)14-5-6-14)10-13-3-7-15(18)8-4-13/h2-4,7-9,14H,5-6,10-11H2,1H3. The minimum Gasteiger partial charge on any atom is -0.464 e. The fourth-order valence-corrected chi connectivity index (χ4v) is 2.37. The molecule has 0 N–H and O–H groups in total. The number of nitrogens with zero attached hydrogens (tertiary/aromatic N) is 1. The number of amides is 1. The van der Waals surface area contributed by atoms with E-state index in [0.29, 0.717) is 13.1 Å². The molecule has 0 radical (unpaired) electrons. The Kier molecular flexibility index (Phi) is 3.78. The second-order valence-electron chi connectivity index (χ2n) is 5.61. The average Bonchev–Trinajstić information content (AvgIpc) is 3.23. The van der Waals surface area contributed by atoms with Crippen molar-refractivity contribution in [2.75, 3.05) is 0 Å². The van der Waals surface area contributed by atoms with Crippen molar-refractivity contribution >= 4 is 5.91 Å². The van der Waals surface area contributed by atoms with Gasteiger partial charge in [0.25, 0.3) is 0 Å². The molecule has 110 valence electrons. The van der Waals surface area contributed by atoms with Crippen LogP contribution in [0.25, 0.3) is 0 Å². The van der Waals surface area contributed by atoms with Crippen molar-refractivity contribution in [2.24, 2.45) is 5.92 Å². The van der Waals surface area contributed by atoms with Crippen LogP contribution in [-0.4, -0.2) is 10.8 Å². The lowest BCUT2D eigenvalue weighted by atomic mass is 10.2. The van der Waals surface area contributed by atoms with Crippen LogP contribution in [-0.2, 0) is 17.9 Å². The van der Waals surface area contributed by atoms with E-state index < -0.39 is 0 Å². The molecule has 3 rings (SSSR count). The van der Waals surface area contributed by atoms with E-state index >= 15 is 0 Å². The molecule has 2 aromatic rings. The molecule has 1 fully saturated rings. The lowest BCUT2D eigenvalue weighted by molar-refractivity contribution is -0.134. The Balaban J connectivity index is 1.75. The topological polar surface area (TPSA) is 33.5 Å². The van der Waals surface area contributed by atoms with E-state index in [-0.39, 0.29) is 17.6 Å². The largest absolute Gasteiger partial charge is 0.464 e. The zero-order valence-corrected chi connectivity index (χ0v) is 12.0. The molecule has 0 spiro atoms. The predicted octanol–water partition coefficient (Wildman–Crippen LogP) is 3.67. The number of carbonyl (C=O) groups is 1. The van der Waals surface area contributed by atoms with Gasteiger partial charge in [-0.25, -0.2) is 4.39 Å². The van der Waals surface area contributed by atoms with Gasteiger partial charge in [-0.1, -0.05) is 12.1 Å². The third-order valence-corrected chi connectivity index (χ3v) is 3.67. The summed E-state index contributed by atoms with van der Waals surface area (Å²) in [6.07, 6.45) is 1.94. The van der Waals surface area contributed by atoms with Crippen LogP contribution >= 0.6 is 0 Å². The third-order valence-electron chi connectivity index (χ3n) is 3.67. The molecule has 0 bridgehead atoms. The monoisotopic (exact) mass is 287 g/mol. The van der Waals surface area contributed by atoms with Crippen LogP contribution in [0.3, 0.4) is 0 Å². The minimum atomic E-state index is -0.263. The summed E-state index contributed by atoms with van der Waals surface area (Å²) >= 11 is 0. The quantitative estimate of drug-likeness (QED) is 0.840. The number of aryl methyl sites for hydroxylation is 1. The molecule has 4 heteroatoms. The minimum absolute atomic E-state index is 0.154. The first-order chi connectivity index (χ1) is 10.1. The van der Waals surface area contributed by atoms with Gasteiger partial charge >= 0.3 is 0 Å². The summed E-state index contributed by atoms with van der Waals surface area (Å²) in [5, 5.41) is 0. The number of rotatable bonds is 5. The molecule has 0 saturated heterocycles. The van der Waals surface area contributed by atoms with Crippen molar-refractivity contribution < 1.29 is 13.6 Å². The molecule has 0 aliphatic heterocycles. The normalized spacial score (nSPS) is 14.2. The van der Waals surface area contributed by atoms with E-state index in [1.165, 1.54) is 12.1 Å². The van der Waals surface area contributed by atoms with E-state index in [0.717, 1.165) is 29.9 Å². The molecule has 1 aliphatic rings. The summed E-state index contributed by atoms with van der Waals surface area (Å²) in [7, 11) is 0. The molecule has 0 atom stereocenters. The van der Waals surface area contributed by atoms with Crippen molar-refractivity contribution in [3.8, 4) is 0 Å². The van der Waals surface area contributed by atoms with E-state index in [2.05, 4.69) is 0 Å². The lowest BCUT2D eigenvalue weighted by Gasteiger charge is -2.22. The van der Waals surface area contributed by atoms with Gasteiger partial charge in [-0.2, -0.15) is 0 Å². The summed E-state index contributed by atoms with van der Waals surface area (Å²) in [6.45, 7) is 2.83. The van der Waals surface area contributed by atoms with Gasteiger partial charge in [-0.3, -0.25) is 4.79 Å². The molecular formula is C17H18FNO2. The van der Waals surface area contributed by atoms with Crippen molar-refractivity contribution in [2.45, 2.75) is 32.9 Å². The van der Waals surface area contributed by atoms with Crippen LogP contribution in [0.4, 0.5) is 4.39 Å². The summed E-state index contributed by atoms with van der Waals surface area (Å²) in [6, 6.07) is 10.1. The Hall–Kier alpha value is -2.10. The van der Waals surface area contributed by atoms with E-state index in [9.17, 15) is 9.18 Å². The molecule has 1 heterocycles. The highest BCUT2D eigenvalue weighted by atomic mass is 19.1. The Morgan fingerprint density at radius 3 is 2.48 bits per heavy atom. The molecule has 21 heavy (non-hydrogen) atoms. The van der Waals surface area contributed by atoms with Crippen LogP contribution < -0.4 is 0 Å². The highest BCUT2D eigenvalue weighted by Crippen LogP contribution is 2.32. The van der Waals surface area contributed by atoms with Gasteiger partial charge in [0, 0.05) is 12.5 Å². The Morgan fingerprint density at radius 1 is 1.19 bits per heavy atom. The van der Waals surface area contributed by atoms with Crippen LogP contribution in [0, 0.1) is 18.7 Å². The van der Waals surface area contributed by atoms with E-state index in [1.54, 1.807) is 17.0 Å². The second-order valence-corrected chi connectivity index (χ2v) is 5.61. The predicted molar refractivity (Wildman–Crippen MR) is 76.8 cm³/mol. The van der Waals surface area contributed by atoms with Gasteiger partial charge in [0.15, 0.2) is 0 Å². The number of carbonyl (C=O) groups excluding carboxylic acids is 1. The van der Waals surface area contributed by atoms with Gasteiger partial charge in [-0.05, 0) is 49.6 Å². The molecule has 1 amide bonds. The number of furan rings is 1. The number of hydrogen-bond acceptors (Lipinski definition) is 2. The van der Waals surface area contributed by atoms with Gasteiger partial charge in [-0.15, -0.1) is 0 Å². The Morgan fingerprint density at radius 2 is 1.90 bits per heavy atom. The van der Waals surface area contributed by atoms with Gasteiger partial charge < -0.3 is 9.32 Å². The van der Waals surface area contributed by atoms with Gasteiger partial charge in [0.05, 0.1) is 6.54 Å². The van der Waals surface area contributed by atoms with Crippen molar-refractivity contribution in [1.82, 2.24) is 4.90 Å². The lowest BCUT2D eigenvalue weighted by Crippen LogP contribution is -2.31. The third kappa shape index (κ3) is 3.51. The molecule has 3 nitrogen and oxygen atoms in total. The highest BCUT2D eigenvalue weighted by molar-refractivity contribution is 5.81. The highest BCUT2D eigenvalue weighted by Gasteiger charge is 2.33. The zero-order valence-electron chi connectivity index (χ0n) is 12.0. The first kappa shape index (κ1) is 13.9. The van der Waals surface area contributed by atoms with Crippen LogP contribution in [0.1, 0.15) is 29.9 Å². The summed E-state index contributed by atoms with van der Waals surface area (Å²) in [5.41, 5.74) is 0.925. The zero-order chi connectivity index (χ0) is 14.8. The van der Waals surface area contributed by atoms with Crippen molar-refractivity contribution in [1.29, 1.82) is 0 Å². The van der Waals surface area contributed by atoms with Gasteiger partial charge in [0.2, 0.25) is 5.91 Å². The van der Waals surface area contributed by atoms with Gasteiger partial charge in [0.1, 0.15) is 17.3 Å². The maximum Gasteiger partial charge on any atom is 0.226 e. The smallest absolute Gasteiger partial charge is 0.226 e. The van der Waals surface area contributed by atoms with E-state index in [4.69, 9.17) is 4.42 Å². The number of hydrogen-bond donors (Lipinski definition) is 0. The number of benzene rings is 1. The Bertz CT molecular complexity index is 628.